The zero-order chi connectivity index (χ0) is 14.0. The lowest BCUT2D eigenvalue weighted by atomic mass is 10.1. The number of aryl methyl sites for hydroxylation is 1. The van der Waals surface area contributed by atoms with Gasteiger partial charge in [0.15, 0.2) is 0 Å². The van der Waals surface area contributed by atoms with Crippen LogP contribution >= 0.6 is 27.5 Å². The molecular weight excluding hydrogens is 332 g/mol. The largest absolute Gasteiger partial charge is 0.342 e. The number of halogens is 2. The van der Waals surface area contributed by atoms with E-state index in [9.17, 15) is 4.79 Å². The molecule has 2 N–H and O–H groups in total. The van der Waals surface area contributed by atoms with Crippen molar-refractivity contribution in [1.82, 2.24) is 20.5 Å². The molecule has 7 heteroatoms. The van der Waals surface area contributed by atoms with Crippen molar-refractivity contribution in [1.29, 1.82) is 0 Å². The number of hydrogen-bond donors (Lipinski definition) is 2. The maximum Gasteiger partial charge on any atom is 0.251 e. The Bertz CT molecular complexity index is 577. The Balaban J connectivity index is 2.16. The van der Waals surface area contributed by atoms with E-state index in [1.54, 1.807) is 12.1 Å². The summed E-state index contributed by atoms with van der Waals surface area (Å²) in [5.41, 5.74) is 1.42. The minimum absolute atomic E-state index is 0.207. The number of benzene rings is 1. The predicted octanol–water partition coefficient (Wildman–Crippen LogP) is 3.02. The Morgan fingerprint density at radius 1 is 1.53 bits per heavy atom. The van der Waals surface area contributed by atoms with Gasteiger partial charge in [0.05, 0.1) is 11.1 Å². The first kappa shape index (κ1) is 14.0. The molecular formula is C12H12BrClN4O. The molecule has 0 bridgehead atoms. The molecule has 1 aromatic carbocycles. The van der Waals surface area contributed by atoms with Crippen molar-refractivity contribution in [3.63, 3.8) is 0 Å². The van der Waals surface area contributed by atoms with E-state index in [2.05, 4.69) is 36.4 Å². The van der Waals surface area contributed by atoms with E-state index < -0.39 is 0 Å². The Morgan fingerprint density at radius 3 is 2.84 bits per heavy atom. The van der Waals surface area contributed by atoms with Gasteiger partial charge < -0.3 is 5.32 Å². The fourth-order valence-corrected chi connectivity index (χ4v) is 2.13. The predicted molar refractivity (Wildman–Crippen MR) is 76.2 cm³/mol. The van der Waals surface area contributed by atoms with Crippen LogP contribution in [0.4, 0.5) is 0 Å². The molecule has 0 saturated carbocycles. The van der Waals surface area contributed by atoms with Gasteiger partial charge in [0.2, 0.25) is 0 Å². The van der Waals surface area contributed by atoms with E-state index in [1.807, 2.05) is 13.8 Å². The third-order valence-electron chi connectivity index (χ3n) is 2.66. The topological polar surface area (TPSA) is 70.7 Å². The quantitative estimate of drug-likeness (QED) is 0.900. The first-order valence-corrected chi connectivity index (χ1v) is 6.78. The van der Waals surface area contributed by atoms with Gasteiger partial charge in [0, 0.05) is 10.0 Å². The van der Waals surface area contributed by atoms with Crippen LogP contribution in [-0.2, 0) is 0 Å². The lowest BCUT2D eigenvalue weighted by Gasteiger charge is -2.12. The number of rotatable bonds is 3. The first-order valence-electron chi connectivity index (χ1n) is 5.61. The average Bonchev–Trinajstić information content (AvgIpc) is 2.89. The number of hydrogen-bond acceptors (Lipinski definition) is 3. The van der Waals surface area contributed by atoms with Crippen molar-refractivity contribution in [2.75, 3.05) is 0 Å². The number of carbonyl (C=O) groups is 1. The summed E-state index contributed by atoms with van der Waals surface area (Å²) < 4.78 is 0.800. The number of aromatic nitrogens is 3. The molecule has 1 heterocycles. The third kappa shape index (κ3) is 3.13. The maximum atomic E-state index is 12.1. The van der Waals surface area contributed by atoms with Crippen molar-refractivity contribution < 1.29 is 4.79 Å². The second-order valence-corrected chi connectivity index (χ2v) is 5.36. The smallest absolute Gasteiger partial charge is 0.251 e. The zero-order valence-electron chi connectivity index (χ0n) is 10.4. The van der Waals surface area contributed by atoms with Crippen molar-refractivity contribution in [2.24, 2.45) is 0 Å². The second kappa shape index (κ2) is 5.71. The number of nitrogens with zero attached hydrogens (tertiary/aromatic N) is 2. The fraction of sp³-hybridized carbons (Fsp3) is 0.250. The van der Waals surface area contributed by atoms with Gasteiger partial charge in [-0.05, 0) is 47.5 Å². The summed E-state index contributed by atoms with van der Waals surface area (Å²) in [5, 5.41) is 9.80. The van der Waals surface area contributed by atoms with E-state index >= 15 is 0 Å². The Kier molecular flexibility index (Phi) is 4.21. The molecule has 0 spiro atoms. The highest BCUT2D eigenvalue weighted by Gasteiger charge is 2.15. The summed E-state index contributed by atoms with van der Waals surface area (Å²) in [6.45, 7) is 3.71. The third-order valence-corrected chi connectivity index (χ3v) is 4.24. The number of aromatic amines is 1. The summed E-state index contributed by atoms with van der Waals surface area (Å²) in [5.74, 6) is 0.398. The van der Waals surface area contributed by atoms with Gasteiger partial charge in [0.25, 0.3) is 5.91 Å². The molecule has 0 aliphatic rings. The maximum absolute atomic E-state index is 12.1. The Labute approximate surface area is 123 Å². The summed E-state index contributed by atoms with van der Waals surface area (Å²) in [6, 6.07) is 3.15. The van der Waals surface area contributed by atoms with Crippen LogP contribution in [0.25, 0.3) is 0 Å². The molecule has 0 saturated heterocycles. The molecule has 1 amide bonds. The van der Waals surface area contributed by atoms with Gasteiger partial charge in [0.1, 0.15) is 12.2 Å². The molecule has 2 rings (SSSR count). The summed E-state index contributed by atoms with van der Waals surface area (Å²) in [4.78, 5) is 16.1. The van der Waals surface area contributed by atoms with E-state index in [4.69, 9.17) is 11.6 Å². The molecule has 1 aromatic heterocycles. The standard InChI is InChI=1S/C12H12BrClN4O/c1-6-3-8(4-9(14)10(6)13)12(19)17-7(2)11-15-5-16-18-11/h3-5,7H,1-2H3,(H,17,19)(H,15,16,18). The summed E-state index contributed by atoms with van der Waals surface area (Å²) in [6.07, 6.45) is 1.40. The highest BCUT2D eigenvalue weighted by Crippen LogP contribution is 2.27. The molecule has 19 heavy (non-hydrogen) atoms. The fourth-order valence-electron chi connectivity index (χ4n) is 1.63. The van der Waals surface area contributed by atoms with E-state index in [0.717, 1.165) is 10.0 Å². The first-order chi connectivity index (χ1) is 8.99. The van der Waals surface area contributed by atoms with Crippen LogP contribution in [0.15, 0.2) is 22.9 Å². The van der Waals surface area contributed by atoms with Crippen LogP contribution in [-0.4, -0.2) is 21.1 Å². The van der Waals surface area contributed by atoms with Crippen LogP contribution in [0.5, 0.6) is 0 Å². The molecule has 100 valence electrons. The van der Waals surface area contributed by atoms with Crippen LogP contribution in [0.2, 0.25) is 5.02 Å². The molecule has 0 fully saturated rings. The minimum atomic E-state index is -0.252. The van der Waals surface area contributed by atoms with Gasteiger partial charge >= 0.3 is 0 Å². The molecule has 1 atom stereocenters. The van der Waals surface area contributed by atoms with E-state index in [1.165, 1.54) is 6.33 Å². The van der Waals surface area contributed by atoms with Gasteiger partial charge in [-0.2, -0.15) is 5.10 Å². The Morgan fingerprint density at radius 2 is 2.26 bits per heavy atom. The molecule has 1 unspecified atom stereocenters. The number of H-pyrrole nitrogens is 1. The van der Waals surface area contributed by atoms with Gasteiger partial charge in [-0.25, -0.2) is 4.98 Å². The van der Waals surface area contributed by atoms with Gasteiger partial charge in [-0.3, -0.25) is 9.89 Å². The molecule has 0 aliphatic heterocycles. The molecule has 2 aromatic rings. The highest BCUT2D eigenvalue weighted by molar-refractivity contribution is 9.10. The van der Waals surface area contributed by atoms with Crippen LogP contribution in [0.1, 0.15) is 34.7 Å². The van der Waals surface area contributed by atoms with Crippen LogP contribution < -0.4 is 5.32 Å². The van der Waals surface area contributed by atoms with Crippen molar-refractivity contribution in [3.8, 4) is 0 Å². The van der Waals surface area contributed by atoms with E-state index in [0.29, 0.717) is 16.4 Å². The minimum Gasteiger partial charge on any atom is -0.342 e. The summed E-state index contributed by atoms with van der Waals surface area (Å²) >= 11 is 9.40. The number of carbonyl (C=O) groups excluding carboxylic acids is 1. The number of nitrogens with one attached hydrogen (secondary N) is 2. The van der Waals surface area contributed by atoms with Crippen molar-refractivity contribution >= 4 is 33.4 Å². The SMILES string of the molecule is Cc1cc(C(=O)NC(C)c2ncn[nH]2)cc(Cl)c1Br. The van der Waals surface area contributed by atoms with Crippen LogP contribution in [0, 0.1) is 6.92 Å². The lowest BCUT2D eigenvalue weighted by Crippen LogP contribution is -2.27. The molecule has 0 radical (unpaired) electrons. The molecule has 5 nitrogen and oxygen atoms in total. The van der Waals surface area contributed by atoms with E-state index in [-0.39, 0.29) is 11.9 Å². The highest BCUT2D eigenvalue weighted by atomic mass is 79.9. The van der Waals surface area contributed by atoms with Gasteiger partial charge in [-0.15, -0.1) is 0 Å². The van der Waals surface area contributed by atoms with Crippen molar-refractivity contribution in [2.45, 2.75) is 19.9 Å². The summed E-state index contributed by atoms with van der Waals surface area (Å²) in [7, 11) is 0. The second-order valence-electron chi connectivity index (χ2n) is 4.15. The Hall–Kier alpha value is -1.40. The van der Waals surface area contributed by atoms with Crippen molar-refractivity contribution in [3.05, 3.63) is 44.9 Å². The number of amides is 1. The monoisotopic (exact) mass is 342 g/mol. The molecule has 0 aliphatic carbocycles. The zero-order valence-corrected chi connectivity index (χ0v) is 12.7. The van der Waals surface area contributed by atoms with Crippen LogP contribution in [0.3, 0.4) is 0 Å². The average molecular weight is 344 g/mol. The van der Waals surface area contributed by atoms with Gasteiger partial charge in [-0.1, -0.05) is 11.6 Å². The normalized spacial score (nSPS) is 12.2. The lowest BCUT2D eigenvalue weighted by molar-refractivity contribution is 0.0938.